The fourth-order valence-corrected chi connectivity index (χ4v) is 2.45. The van der Waals surface area contributed by atoms with Crippen LogP contribution in [-0.4, -0.2) is 31.6 Å². The molecule has 20 heavy (non-hydrogen) atoms. The number of hydrogen-bond donors (Lipinski definition) is 2. The van der Waals surface area contributed by atoms with Gasteiger partial charge >= 0.3 is 5.97 Å². The van der Waals surface area contributed by atoms with E-state index in [1.807, 2.05) is 0 Å². The molecule has 0 aliphatic carbocycles. The molecule has 108 valence electrons. The molecule has 0 bridgehead atoms. The molecule has 1 fully saturated rings. The van der Waals surface area contributed by atoms with Crippen LogP contribution < -0.4 is 10.6 Å². The lowest BCUT2D eigenvalue weighted by Crippen LogP contribution is -2.35. The summed E-state index contributed by atoms with van der Waals surface area (Å²) in [6.45, 7) is 0.802. The number of carbonyl (C=O) groups excluding carboxylic acids is 2. The van der Waals surface area contributed by atoms with Crippen molar-refractivity contribution in [2.24, 2.45) is 0 Å². The molecule has 7 heteroatoms. The molecule has 1 saturated heterocycles. The molecule has 0 spiro atoms. The molecule has 1 amide bonds. The molecule has 0 aromatic heterocycles. The monoisotopic (exact) mass is 344 g/mol. The zero-order chi connectivity index (χ0) is 14.7. The molecule has 0 radical (unpaired) electrons. The number of amides is 1. The van der Waals surface area contributed by atoms with Crippen molar-refractivity contribution < 1.29 is 18.7 Å². The lowest BCUT2D eigenvalue weighted by atomic mass is 10.1. The van der Waals surface area contributed by atoms with Gasteiger partial charge in [0, 0.05) is 4.47 Å². The number of anilines is 1. The SMILES string of the molecule is COC(=O)c1cc(NC(=O)C2CCCN2)c(Br)cc1F. The Morgan fingerprint density at radius 2 is 2.25 bits per heavy atom. The van der Waals surface area contributed by atoms with Crippen LogP contribution in [0.2, 0.25) is 0 Å². The Hall–Kier alpha value is -1.47. The minimum Gasteiger partial charge on any atom is -0.465 e. The normalized spacial score (nSPS) is 17.9. The number of nitrogens with one attached hydrogen (secondary N) is 2. The molecular weight excluding hydrogens is 331 g/mol. The van der Waals surface area contributed by atoms with Gasteiger partial charge in [-0.1, -0.05) is 0 Å². The molecular formula is C13H14BrFN2O3. The second-order valence-electron chi connectivity index (χ2n) is 4.44. The van der Waals surface area contributed by atoms with Crippen LogP contribution in [0.3, 0.4) is 0 Å². The van der Waals surface area contributed by atoms with Gasteiger partial charge in [-0.25, -0.2) is 9.18 Å². The average Bonchev–Trinajstić information content (AvgIpc) is 2.95. The first-order valence-electron chi connectivity index (χ1n) is 6.14. The highest BCUT2D eigenvalue weighted by atomic mass is 79.9. The molecule has 1 atom stereocenters. The second-order valence-corrected chi connectivity index (χ2v) is 5.30. The Bertz CT molecular complexity index is 545. The van der Waals surface area contributed by atoms with Crippen molar-refractivity contribution in [1.82, 2.24) is 5.32 Å². The molecule has 1 aliphatic rings. The minimum absolute atomic E-state index is 0.203. The maximum Gasteiger partial charge on any atom is 0.340 e. The smallest absolute Gasteiger partial charge is 0.340 e. The Morgan fingerprint density at radius 1 is 1.50 bits per heavy atom. The van der Waals surface area contributed by atoms with Crippen LogP contribution in [0, 0.1) is 5.82 Å². The van der Waals surface area contributed by atoms with Crippen LogP contribution in [0.4, 0.5) is 10.1 Å². The van der Waals surface area contributed by atoms with E-state index in [2.05, 4.69) is 31.3 Å². The second kappa shape index (κ2) is 6.32. The Morgan fingerprint density at radius 3 is 2.85 bits per heavy atom. The fourth-order valence-electron chi connectivity index (χ4n) is 2.04. The van der Waals surface area contributed by atoms with E-state index in [0.717, 1.165) is 25.5 Å². The summed E-state index contributed by atoms with van der Waals surface area (Å²) in [6.07, 6.45) is 1.70. The van der Waals surface area contributed by atoms with Crippen molar-refractivity contribution in [3.63, 3.8) is 0 Å². The number of halogens is 2. The number of methoxy groups -OCH3 is 1. The molecule has 1 heterocycles. The fraction of sp³-hybridized carbons (Fsp3) is 0.385. The number of rotatable bonds is 3. The zero-order valence-corrected chi connectivity index (χ0v) is 12.4. The number of ether oxygens (including phenoxy) is 1. The third-order valence-electron chi connectivity index (χ3n) is 3.10. The van der Waals surface area contributed by atoms with E-state index in [1.54, 1.807) is 0 Å². The minimum atomic E-state index is -0.788. The van der Waals surface area contributed by atoms with Gasteiger partial charge in [-0.2, -0.15) is 0 Å². The first kappa shape index (κ1) is 14.9. The summed E-state index contributed by atoms with van der Waals surface area (Å²) in [6, 6.07) is 2.13. The van der Waals surface area contributed by atoms with E-state index in [1.165, 1.54) is 13.2 Å². The first-order valence-corrected chi connectivity index (χ1v) is 6.94. The van der Waals surface area contributed by atoms with Gasteiger partial charge in [0.05, 0.1) is 24.4 Å². The molecule has 2 N–H and O–H groups in total. The van der Waals surface area contributed by atoms with E-state index in [9.17, 15) is 14.0 Å². The maximum absolute atomic E-state index is 13.7. The average molecular weight is 345 g/mol. The number of esters is 1. The highest BCUT2D eigenvalue weighted by molar-refractivity contribution is 9.10. The zero-order valence-electron chi connectivity index (χ0n) is 10.8. The first-order chi connectivity index (χ1) is 9.52. The molecule has 5 nitrogen and oxygen atoms in total. The van der Waals surface area contributed by atoms with Crippen LogP contribution in [0.15, 0.2) is 16.6 Å². The van der Waals surface area contributed by atoms with E-state index >= 15 is 0 Å². The summed E-state index contributed by atoms with van der Waals surface area (Å²) in [5.74, 6) is -1.70. The predicted octanol–water partition coefficient (Wildman–Crippen LogP) is 2.07. The van der Waals surface area contributed by atoms with Gasteiger partial charge in [-0.15, -0.1) is 0 Å². The van der Waals surface area contributed by atoms with Crippen molar-refractivity contribution >= 4 is 33.5 Å². The van der Waals surface area contributed by atoms with Crippen LogP contribution in [0.5, 0.6) is 0 Å². The summed E-state index contributed by atoms with van der Waals surface area (Å²) >= 11 is 3.16. The third kappa shape index (κ3) is 3.16. The van der Waals surface area contributed by atoms with E-state index in [4.69, 9.17) is 0 Å². The maximum atomic E-state index is 13.7. The highest BCUT2D eigenvalue weighted by Crippen LogP contribution is 2.27. The molecule has 0 saturated carbocycles. The summed E-state index contributed by atoms with van der Waals surface area (Å²) in [7, 11) is 1.17. The van der Waals surface area contributed by atoms with Gasteiger partial charge in [0.15, 0.2) is 0 Å². The summed E-state index contributed by atoms with van der Waals surface area (Å²) in [5.41, 5.74) is 0.121. The highest BCUT2D eigenvalue weighted by Gasteiger charge is 2.23. The van der Waals surface area contributed by atoms with Crippen LogP contribution in [0.25, 0.3) is 0 Å². The van der Waals surface area contributed by atoms with Gasteiger partial charge in [0.25, 0.3) is 0 Å². The van der Waals surface area contributed by atoms with Crippen LogP contribution >= 0.6 is 15.9 Å². The van der Waals surface area contributed by atoms with Gasteiger partial charge < -0.3 is 15.4 Å². The van der Waals surface area contributed by atoms with E-state index in [-0.39, 0.29) is 17.5 Å². The Labute approximate surface area is 124 Å². The molecule has 1 unspecified atom stereocenters. The molecule has 1 aliphatic heterocycles. The summed E-state index contributed by atoms with van der Waals surface area (Å²) in [4.78, 5) is 23.4. The topological polar surface area (TPSA) is 67.4 Å². The van der Waals surface area contributed by atoms with Crippen LogP contribution in [0.1, 0.15) is 23.2 Å². The Balaban J connectivity index is 2.22. The number of benzene rings is 1. The number of hydrogen-bond acceptors (Lipinski definition) is 4. The van der Waals surface area contributed by atoms with E-state index < -0.39 is 11.8 Å². The van der Waals surface area contributed by atoms with Gasteiger partial charge in [-0.3, -0.25) is 4.79 Å². The quantitative estimate of drug-likeness (QED) is 0.823. The Kier molecular flexibility index (Phi) is 4.72. The van der Waals surface area contributed by atoms with Gasteiger partial charge in [0.2, 0.25) is 5.91 Å². The number of carbonyl (C=O) groups is 2. The molecule has 2 rings (SSSR count). The largest absolute Gasteiger partial charge is 0.465 e. The predicted molar refractivity (Wildman–Crippen MR) is 75.1 cm³/mol. The summed E-state index contributed by atoms with van der Waals surface area (Å²) < 4.78 is 18.5. The van der Waals surface area contributed by atoms with Crippen molar-refractivity contribution in [2.45, 2.75) is 18.9 Å². The van der Waals surface area contributed by atoms with Crippen molar-refractivity contribution in [3.8, 4) is 0 Å². The lowest BCUT2D eigenvalue weighted by Gasteiger charge is -2.13. The standard InChI is InChI=1S/C13H14BrFN2O3/c1-20-13(19)7-5-11(8(14)6-9(7)15)17-12(18)10-3-2-4-16-10/h5-6,10,16H,2-4H2,1H3,(H,17,18). The van der Waals surface area contributed by atoms with Crippen LogP contribution in [-0.2, 0) is 9.53 Å². The van der Waals surface area contributed by atoms with Crippen molar-refractivity contribution in [2.75, 3.05) is 19.0 Å². The van der Waals surface area contributed by atoms with Gasteiger partial charge in [-0.05, 0) is 47.4 Å². The molecule has 1 aromatic rings. The van der Waals surface area contributed by atoms with Crippen molar-refractivity contribution in [3.05, 3.63) is 28.0 Å². The third-order valence-corrected chi connectivity index (χ3v) is 3.75. The lowest BCUT2D eigenvalue weighted by molar-refractivity contribution is -0.117. The van der Waals surface area contributed by atoms with E-state index in [0.29, 0.717) is 10.2 Å². The van der Waals surface area contributed by atoms with Gasteiger partial charge in [0.1, 0.15) is 5.82 Å². The summed E-state index contributed by atoms with van der Waals surface area (Å²) in [5, 5.41) is 5.74. The molecule has 1 aromatic carbocycles. The van der Waals surface area contributed by atoms with Crippen molar-refractivity contribution in [1.29, 1.82) is 0 Å².